The second-order valence-electron chi connectivity index (χ2n) is 29.6. The van der Waals surface area contributed by atoms with Gasteiger partial charge in [-0.1, -0.05) is 33.7 Å². The summed E-state index contributed by atoms with van der Waals surface area (Å²) in [6, 6.07) is 31.2. The average molecular weight is 1610 g/mol. The third-order valence-electron chi connectivity index (χ3n) is 21.5. The number of likely N-dealkylation sites (N-methyl/N-ethyl adjacent to an activating group) is 3. The molecule has 3 aliphatic carbocycles. The van der Waals surface area contributed by atoms with Crippen molar-refractivity contribution in [1.29, 1.82) is 0 Å². The molecule has 3 atom stereocenters. The number of nitrogens with one attached hydrogen (secondary N) is 2. The minimum Gasteiger partial charge on any atom is -0.492 e. The van der Waals surface area contributed by atoms with Gasteiger partial charge in [-0.05, 0) is 231 Å². The second-order valence-corrected chi connectivity index (χ2v) is 29.6. The Labute approximate surface area is 626 Å². The van der Waals surface area contributed by atoms with Crippen molar-refractivity contribution in [3.63, 3.8) is 0 Å². The van der Waals surface area contributed by atoms with Crippen LogP contribution in [0.3, 0.4) is 0 Å². The van der Waals surface area contributed by atoms with E-state index in [-0.39, 0.29) is 100 Å². The van der Waals surface area contributed by atoms with E-state index >= 15 is 0 Å². The number of rotatable bonds is 18. The van der Waals surface area contributed by atoms with Crippen LogP contribution in [0, 0.1) is 7.43 Å². The first kappa shape index (κ1) is 77.8. The molecular formula is C81H98N9O14W-. The quantitative estimate of drug-likeness (QED) is 0.0597. The topological polar surface area (TPSA) is 272 Å². The van der Waals surface area contributed by atoms with E-state index in [1.165, 1.54) is 25.7 Å². The summed E-state index contributed by atoms with van der Waals surface area (Å²) in [5.74, 6) is 1.07. The maximum Gasteiger partial charge on any atom is 0.410 e. The van der Waals surface area contributed by atoms with Crippen LogP contribution >= 0.6 is 0 Å². The molecule has 0 spiro atoms. The largest absolute Gasteiger partial charge is 0.492 e. The fourth-order valence-electron chi connectivity index (χ4n) is 15.6. The number of ether oxygens (including phenoxy) is 4. The van der Waals surface area contributed by atoms with Gasteiger partial charge >= 0.3 is 6.09 Å². The molecule has 3 saturated heterocycles. The van der Waals surface area contributed by atoms with Crippen molar-refractivity contribution >= 4 is 106 Å². The first-order valence-electron chi connectivity index (χ1n) is 36.8. The molecule has 6 fully saturated rings. The van der Waals surface area contributed by atoms with Gasteiger partial charge in [-0.3, -0.25) is 43.5 Å². The van der Waals surface area contributed by atoms with Crippen LogP contribution in [-0.2, 0) is 54.6 Å². The van der Waals surface area contributed by atoms with E-state index in [0.29, 0.717) is 123 Å². The van der Waals surface area contributed by atoms with Crippen LogP contribution in [0.25, 0.3) is 65.2 Å². The molecule has 0 bridgehead atoms. The summed E-state index contributed by atoms with van der Waals surface area (Å²) < 4.78 is 40.3. The Balaban J connectivity index is 0.000000157. The van der Waals surface area contributed by atoms with Crippen LogP contribution in [0.1, 0.15) is 152 Å². The zero-order chi connectivity index (χ0) is 71.9. The Morgan fingerprint density at radius 3 is 1.09 bits per heavy atom. The van der Waals surface area contributed by atoms with Gasteiger partial charge in [0, 0.05) is 91.2 Å². The molecule has 9 aromatic rings. The number of carbonyl (C=O) groups is 7. The van der Waals surface area contributed by atoms with Crippen molar-refractivity contribution in [2.45, 2.75) is 159 Å². The molecular weight excluding hydrogens is 1510 g/mol. The number of nitrogens with zero attached hydrogens (tertiary/aromatic N) is 7. The summed E-state index contributed by atoms with van der Waals surface area (Å²) in [4.78, 5) is 93.7. The molecule has 15 rings (SSSR count). The number of amides is 1. The summed E-state index contributed by atoms with van der Waals surface area (Å²) in [6.45, 7) is 15.7. The number of piperidine rings is 3. The van der Waals surface area contributed by atoms with Gasteiger partial charge in [-0.15, -0.1) is 0 Å². The molecule has 558 valence electrons. The molecule has 105 heavy (non-hydrogen) atoms. The number of benzene rings is 6. The summed E-state index contributed by atoms with van der Waals surface area (Å²) in [5, 5.41) is 28.0. The van der Waals surface area contributed by atoms with Crippen LogP contribution in [0.5, 0.6) is 17.2 Å². The average Bonchev–Trinajstić information content (AvgIpc) is 1.69. The normalized spacial score (nSPS) is 19.7. The fourth-order valence-corrected chi connectivity index (χ4v) is 15.6. The monoisotopic (exact) mass is 1600 g/mol. The SMILES string of the molecule is CN(CCOc1ccc2c(ccc3onc(C4CCC(=O)CC4=O)c32)c1)C1CCN(C(=O)OC(C)(C)C)CC1.CN(CCOc1ccc2c(ccc3onc(C4CCC(=O)CC4=O)c32)c1)C1CCNCC1.CN(CCOc1ccc2c(ccc3onc(C4CCC(=O)CC4=O)c32)c1)C1CCNCC1.[CH3-].[W]. The summed E-state index contributed by atoms with van der Waals surface area (Å²) in [7, 11) is 6.44. The Morgan fingerprint density at radius 2 is 0.781 bits per heavy atom. The van der Waals surface area contributed by atoms with Crippen molar-refractivity contribution in [2.75, 3.05) is 99.9 Å². The number of likely N-dealkylation sites (tertiary alicyclic amines) is 1. The molecule has 3 saturated carbocycles. The Kier molecular flexibility index (Phi) is 25.9. The van der Waals surface area contributed by atoms with Crippen LogP contribution in [0.4, 0.5) is 4.79 Å². The molecule has 6 aromatic carbocycles. The van der Waals surface area contributed by atoms with Crippen LogP contribution in [0.2, 0.25) is 0 Å². The van der Waals surface area contributed by atoms with Crippen LogP contribution in [0.15, 0.2) is 105 Å². The molecule has 23 nitrogen and oxygen atoms in total. The van der Waals surface area contributed by atoms with Crippen LogP contribution < -0.4 is 24.8 Å². The number of fused-ring (bicyclic) bond motifs is 9. The van der Waals surface area contributed by atoms with E-state index in [4.69, 9.17) is 32.5 Å². The van der Waals surface area contributed by atoms with Gasteiger partial charge in [0.15, 0.2) is 16.7 Å². The molecule has 0 radical (unpaired) electrons. The van der Waals surface area contributed by atoms with Gasteiger partial charge in [0.05, 0.1) is 53.2 Å². The van der Waals surface area contributed by atoms with Gasteiger partial charge in [0.2, 0.25) is 0 Å². The number of hydrogen-bond donors (Lipinski definition) is 2. The third kappa shape index (κ3) is 18.6. The van der Waals surface area contributed by atoms with Gasteiger partial charge in [-0.25, -0.2) is 4.79 Å². The van der Waals surface area contributed by atoms with E-state index in [1.54, 1.807) is 4.90 Å². The van der Waals surface area contributed by atoms with Crippen molar-refractivity contribution in [1.82, 2.24) is 45.7 Å². The van der Waals surface area contributed by atoms with E-state index < -0.39 is 11.5 Å². The predicted octanol–water partition coefficient (Wildman–Crippen LogP) is 12.4. The molecule has 1 amide bonds. The van der Waals surface area contributed by atoms with Gasteiger partial charge in [0.1, 0.15) is 94.5 Å². The number of aromatic nitrogens is 3. The smallest absolute Gasteiger partial charge is 0.410 e. The van der Waals surface area contributed by atoms with E-state index in [0.717, 1.165) is 124 Å². The summed E-state index contributed by atoms with van der Waals surface area (Å²) in [6.07, 6.45) is 8.96. The summed E-state index contributed by atoms with van der Waals surface area (Å²) >= 11 is 0. The number of hydrogen-bond acceptors (Lipinski definition) is 22. The molecule has 24 heteroatoms. The van der Waals surface area contributed by atoms with Crippen LogP contribution in [-0.4, -0.2) is 199 Å². The molecule has 6 heterocycles. The zero-order valence-corrected chi connectivity index (χ0v) is 64.4. The maximum absolute atomic E-state index is 12.6. The first-order chi connectivity index (χ1) is 49.8. The Hall–Kier alpha value is -8.31. The number of Topliss-reactive ketones (excluding diaryl/α,β-unsaturated/α-hetero) is 6. The number of ketones is 6. The van der Waals surface area contributed by atoms with Gasteiger partial charge in [0.25, 0.3) is 0 Å². The molecule has 2 N–H and O–H groups in total. The predicted molar refractivity (Wildman–Crippen MR) is 398 cm³/mol. The van der Waals surface area contributed by atoms with Crippen molar-refractivity contribution in [2.24, 2.45) is 0 Å². The summed E-state index contributed by atoms with van der Waals surface area (Å²) in [5.41, 5.74) is 3.41. The molecule has 3 aliphatic heterocycles. The Morgan fingerprint density at radius 1 is 0.467 bits per heavy atom. The minimum absolute atomic E-state index is 0. The molecule has 6 aliphatic rings. The van der Waals surface area contributed by atoms with Crippen molar-refractivity contribution < 1.29 is 87.1 Å². The maximum atomic E-state index is 12.6. The van der Waals surface area contributed by atoms with E-state index in [2.05, 4.69) is 61.9 Å². The second kappa shape index (κ2) is 34.9. The minimum atomic E-state index is -0.482. The van der Waals surface area contributed by atoms with E-state index in [9.17, 15) is 33.6 Å². The van der Waals surface area contributed by atoms with E-state index in [1.807, 2.05) is 112 Å². The fraction of sp³-hybridized carbons (Fsp3) is 0.494. The van der Waals surface area contributed by atoms with Gasteiger partial charge < -0.3 is 55.5 Å². The van der Waals surface area contributed by atoms with Gasteiger partial charge in [-0.2, -0.15) is 0 Å². The van der Waals surface area contributed by atoms with Crippen molar-refractivity contribution in [3.05, 3.63) is 116 Å². The zero-order valence-electron chi connectivity index (χ0n) is 61.5. The third-order valence-corrected chi connectivity index (χ3v) is 21.5. The standard InChI is InChI=1S/C30H37N3O6.2C25H29N3O4.CH3.W/c1-30(2,3)38-29(36)33-13-11-20(12-14-33)32(4)15-16-37-22-7-9-23-19(17-22)5-10-26-27(23)28(31-39-26)24-8-6-21(34)18-25(24)35;2*1-28(17-8-10-26-11-9-17)12-13-31-19-4-6-20-16(14-19)2-7-23-24(20)25(27-32-23)21-5-3-18(29)15-22(21)30;;/h5,7,9-10,17,20,24H,6,8,11-16,18H2,1-4H3;2*2,4,6-7,14,17,21,26H,3,5,8-13,15H2,1H3;1H3;/q;;;-1;. The molecule has 3 aromatic heterocycles. The molecule has 3 unspecified atom stereocenters. The number of carbonyl (C=O) groups excluding carboxylic acids is 7. The Bertz CT molecular complexity index is 4420. The van der Waals surface area contributed by atoms with Crippen molar-refractivity contribution in [3.8, 4) is 17.2 Å². The first-order valence-corrected chi connectivity index (χ1v) is 36.8.